The van der Waals surface area contributed by atoms with Crippen molar-refractivity contribution in [3.63, 3.8) is 0 Å². The van der Waals surface area contributed by atoms with E-state index in [2.05, 4.69) is 10.6 Å². The van der Waals surface area contributed by atoms with Crippen molar-refractivity contribution in [2.24, 2.45) is 0 Å². The molecule has 7 nitrogen and oxygen atoms in total. The van der Waals surface area contributed by atoms with Crippen molar-refractivity contribution in [1.82, 2.24) is 5.32 Å². The number of hydrogen-bond acceptors (Lipinski definition) is 4. The smallest absolute Gasteiger partial charge is 0.326 e. The average Bonchev–Trinajstić information content (AvgIpc) is 3.32. The second-order valence-corrected chi connectivity index (χ2v) is 8.47. The van der Waals surface area contributed by atoms with E-state index in [1.807, 2.05) is 0 Å². The molecule has 0 unspecified atom stereocenters. The summed E-state index contributed by atoms with van der Waals surface area (Å²) >= 11 is 6.29. The number of aliphatic hydroxyl groups excluding tert-OH is 1. The molecule has 2 atom stereocenters. The summed E-state index contributed by atoms with van der Waals surface area (Å²) in [6.07, 6.45) is 0. The molecule has 0 spiro atoms. The highest BCUT2D eigenvalue weighted by Gasteiger charge is 2.43. The van der Waals surface area contributed by atoms with E-state index in [0.29, 0.717) is 33.6 Å². The van der Waals surface area contributed by atoms with Crippen LogP contribution in [-0.4, -0.2) is 35.3 Å². The zero-order valence-corrected chi connectivity index (χ0v) is 17.9. The molecule has 0 aromatic heterocycles. The number of benzene rings is 3. The Hall–Kier alpha value is -3.46. The molecule has 0 aliphatic carbocycles. The van der Waals surface area contributed by atoms with E-state index < -0.39 is 30.1 Å². The van der Waals surface area contributed by atoms with Crippen LogP contribution in [0.25, 0.3) is 0 Å². The van der Waals surface area contributed by atoms with Gasteiger partial charge in [-0.1, -0.05) is 35.9 Å². The van der Waals surface area contributed by atoms with E-state index in [4.69, 9.17) is 11.6 Å². The Morgan fingerprint density at radius 1 is 1.21 bits per heavy atom. The molecule has 0 saturated heterocycles. The topological polar surface area (TPSA) is 102 Å². The van der Waals surface area contributed by atoms with Crippen molar-refractivity contribution in [1.29, 1.82) is 0 Å². The Morgan fingerprint density at radius 3 is 2.79 bits per heavy atom. The number of rotatable bonds is 3. The number of halogens is 2. The van der Waals surface area contributed by atoms with Gasteiger partial charge in [-0.2, -0.15) is 0 Å². The molecule has 0 fully saturated rings. The van der Waals surface area contributed by atoms with Crippen molar-refractivity contribution in [3.05, 3.63) is 93.8 Å². The highest BCUT2D eigenvalue weighted by atomic mass is 35.5. The molecule has 4 N–H and O–H groups in total. The number of nitrogens with zero attached hydrogens (tertiary/aromatic N) is 1. The summed E-state index contributed by atoms with van der Waals surface area (Å²) in [7, 11) is 0. The van der Waals surface area contributed by atoms with Gasteiger partial charge >= 0.3 is 6.03 Å². The summed E-state index contributed by atoms with van der Waals surface area (Å²) in [6.45, 7) is -0.687. The first kappa shape index (κ1) is 21.4. The number of nitrogens with one attached hydrogen (secondary N) is 2. The van der Waals surface area contributed by atoms with Crippen LogP contribution in [0.4, 0.5) is 20.6 Å². The highest BCUT2D eigenvalue weighted by molar-refractivity contribution is 6.31. The van der Waals surface area contributed by atoms with Crippen molar-refractivity contribution in [2.75, 3.05) is 23.4 Å². The van der Waals surface area contributed by atoms with E-state index in [9.17, 15) is 24.2 Å². The van der Waals surface area contributed by atoms with Crippen LogP contribution in [0.2, 0.25) is 5.02 Å². The molecule has 9 heteroatoms. The van der Waals surface area contributed by atoms with E-state index in [0.717, 1.165) is 0 Å². The molecule has 33 heavy (non-hydrogen) atoms. The Balaban J connectivity index is 1.52. The number of hydrogen-bond donors (Lipinski definition) is 4. The molecule has 0 saturated carbocycles. The highest BCUT2D eigenvalue weighted by Crippen LogP contribution is 2.41. The molecule has 3 amide bonds. The lowest BCUT2D eigenvalue weighted by atomic mass is 9.96. The van der Waals surface area contributed by atoms with Crippen LogP contribution in [0.5, 0.6) is 0 Å². The number of β-amino-alcohol motifs (C(OH)–C–C–N with tert-alkyl or cyclic N) is 1. The van der Waals surface area contributed by atoms with Gasteiger partial charge in [0.05, 0.1) is 24.9 Å². The fourth-order valence-corrected chi connectivity index (χ4v) is 4.69. The van der Waals surface area contributed by atoms with Crippen LogP contribution in [0, 0.1) is 5.82 Å². The van der Waals surface area contributed by atoms with Gasteiger partial charge in [0, 0.05) is 33.0 Å². The zero-order valence-electron chi connectivity index (χ0n) is 17.2. The van der Waals surface area contributed by atoms with Crippen LogP contribution in [0.1, 0.15) is 33.1 Å². The second kappa shape index (κ2) is 7.84. The minimum absolute atomic E-state index is 0.139. The molecule has 168 valence electrons. The third-order valence-corrected chi connectivity index (χ3v) is 6.39. The molecular weight excluding hydrogens is 449 g/mol. The Bertz CT molecular complexity index is 1300. The number of amides is 3. The summed E-state index contributed by atoms with van der Waals surface area (Å²) in [5.74, 6) is -0.872. The van der Waals surface area contributed by atoms with Crippen molar-refractivity contribution in [2.45, 2.75) is 11.6 Å². The predicted octanol–water partition coefficient (Wildman–Crippen LogP) is 3.54. The van der Waals surface area contributed by atoms with E-state index in [1.165, 1.54) is 23.1 Å². The summed E-state index contributed by atoms with van der Waals surface area (Å²) in [5.41, 5.74) is 0.854. The van der Waals surface area contributed by atoms with Gasteiger partial charge in [0.2, 0.25) is 0 Å². The summed E-state index contributed by atoms with van der Waals surface area (Å²) in [5, 5.41) is 26.4. The Morgan fingerprint density at radius 2 is 2.00 bits per heavy atom. The SMILES string of the molecule is O=C1N[C@H](c2cc(F)ccc2Cl)c2c(NC(=O)N3C[C@](O)(CO)c4ccccc43)cccc21. The lowest BCUT2D eigenvalue weighted by Crippen LogP contribution is -2.41. The van der Waals surface area contributed by atoms with Crippen molar-refractivity contribution >= 4 is 34.9 Å². The van der Waals surface area contributed by atoms with Crippen LogP contribution >= 0.6 is 11.6 Å². The van der Waals surface area contributed by atoms with Crippen LogP contribution in [-0.2, 0) is 5.60 Å². The number of anilines is 2. The first-order valence-corrected chi connectivity index (χ1v) is 10.6. The van der Waals surface area contributed by atoms with Crippen LogP contribution in [0.15, 0.2) is 60.7 Å². The van der Waals surface area contributed by atoms with Crippen LogP contribution in [0.3, 0.4) is 0 Å². The third kappa shape index (κ3) is 3.43. The number of fused-ring (bicyclic) bond motifs is 2. The van der Waals surface area contributed by atoms with Gasteiger partial charge in [-0.3, -0.25) is 9.69 Å². The number of carbonyl (C=O) groups is 2. The standard InChI is InChI=1S/C24H19ClFN3O4/c25-17-9-8-13(26)10-15(17)21-20-14(22(31)28-21)4-3-6-18(20)27-23(32)29-11-24(33,12-30)16-5-1-2-7-19(16)29/h1-10,21,30,33H,11-12H2,(H,27,32)(H,28,31)/t21-,24+/m1/s1. The summed E-state index contributed by atoms with van der Waals surface area (Å²) < 4.78 is 13.9. The van der Waals surface area contributed by atoms with Gasteiger partial charge in [0.1, 0.15) is 11.4 Å². The quantitative estimate of drug-likeness (QED) is 0.473. The van der Waals surface area contributed by atoms with E-state index in [-0.39, 0.29) is 17.5 Å². The molecule has 2 aliphatic heterocycles. The molecule has 3 aromatic rings. The van der Waals surface area contributed by atoms with Gasteiger partial charge in [0.25, 0.3) is 5.91 Å². The molecule has 0 radical (unpaired) electrons. The number of para-hydroxylation sites is 1. The number of aliphatic hydroxyl groups is 2. The maximum Gasteiger partial charge on any atom is 0.326 e. The lowest BCUT2D eigenvalue weighted by Gasteiger charge is -2.23. The number of carbonyl (C=O) groups excluding carboxylic acids is 2. The minimum atomic E-state index is -1.58. The maximum atomic E-state index is 13.9. The lowest BCUT2D eigenvalue weighted by molar-refractivity contribution is -0.00381. The average molecular weight is 468 g/mol. The van der Waals surface area contributed by atoms with Crippen LogP contribution < -0.4 is 15.5 Å². The summed E-state index contributed by atoms with van der Waals surface area (Å²) in [4.78, 5) is 27.2. The molecule has 3 aromatic carbocycles. The minimum Gasteiger partial charge on any atom is -0.393 e. The molecule has 5 rings (SSSR count). The van der Waals surface area contributed by atoms with Gasteiger partial charge in [0.15, 0.2) is 0 Å². The normalized spacial score (nSPS) is 20.9. The largest absolute Gasteiger partial charge is 0.393 e. The first-order chi connectivity index (χ1) is 15.8. The fraction of sp³-hybridized carbons (Fsp3) is 0.167. The Kier molecular flexibility index (Phi) is 5.08. The molecule has 2 aliphatic rings. The van der Waals surface area contributed by atoms with Gasteiger partial charge < -0.3 is 20.8 Å². The first-order valence-electron chi connectivity index (χ1n) is 10.2. The van der Waals surface area contributed by atoms with Gasteiger partial charge in [-0.15, -0.1) is 0 Å². The summed E-state index contributed by atoms with van der Waals surface area (Å²) in [6, 6.07) is 14.2. The second-order valence-electron chi connectivity index (χ2n) is 8.06. The van der Waals surface area contributed by atoms with Gasteiger partial charge in [-0.05, 0) is 36.4 Å². The predicted molar refractivity (Wildman–Crippen MR) is 121 cm³/mol. The van der Waals surface area contributed by atoms with E-state index >= 15 is 0 Å². The monoisotopic (exact) mass is 467 g/mol. The molecule has 0 bridgehead atoms. The molecular formula is C24H19ClFN3O4. The van der Waals surface area contributed by atoms with Crippen molar-refractivity contribution in [3.8, 4) is 0 Å². The third-order valence-electron chi connectivity index (χ3n) is 6.05. The molecule has 2 heterocycles. The zero-order chi connectivity index (χ0) is 23.3. The Labute approximate surface area is 193 Å². The maximum absolute atomic E-state index is 13.9. The fourth-order valence-electron chi connectivity index (χ4n) is 4.47. The van der Waals surface area contributed by atoms with Crippen molar-refractivity contribution < 1.29 is 24.2 Å². The number of urea groups is 1. The van der Waals surface area contributed by atoms with Gasteiger partial charge in [-0.25, -0.2) is 9.18 Å². The van der Waals surface area contributed by atoms with E-state index in [1.54, 1.807) is 42.5 Å².